The molecule has 1 aromatic rings. The van der Waals surface area contributed by atoms with Crippen LogP contribution in [0.1, 0.15) is 18.9 Å². The highest BCUT2D eigenvalue weighted by molar-refractivity contribution is 9.10. The van der Waals surface area contributed by atoms with Gasteiger partial charge in [-0.3, -0.25) is 4.79 Å². The lowest BCUT2D eigenvalue weighted by atomic mass is 9.97. The van der Waals surface area contributed by atoms with Crippen molar-refractivity contribution in [3.63, 3.8) is 0 Å². The van der Waals surface area contributed by atoms with Gasteiger partial charge in [0.15, 0.2) is 0 Å². The molecule has 1 rings (SSSR count). The Morgan fingerprint density at radius 3 is 2.73 bits per heavy atom. The molecule has 0 aromatic heterocycles. The molecule has 1 unspecified atom stereocenters. The molecule has 0 radical (unpaired) electrons. The molecular formula is C12H16BrNO. The van der Waals surface area contributed by atoms with Gasteiger partial charge in [-0.05, 0) is 24.6 Å². The molecule has 0 heterocycles. The van der Waals surface area contributed by atoms with Gasteiger partial charge < -0.3 is 5.73 Å². The molecule has 2 N–H and O–H groups in total. The molecule has 3 heteroatoms. The van der Waals surface area contributed by atoms with Crippen molar-refractivity contribution in [3.05, 3.63) is 34.3 Å². The summed E-state index contributed by atoms with van der Waals surface area (Å²) in [6, 6.07) is 7.82. The Labute approximate surface area is 99.0 Å². The normalized spacial score (nSPS) is 12.5. The summed E-state index contributed by atoms with van der Waals surface area (Å²) in [7, 11) is 0. The topological polar surface area (TPSA) is 43.1 Å². The molecule has 1 atom stereocenters. The monoisotopic (exact) mass is 269 g/mol. The third kappa shape index (κ3) is 3.76. The number of hydrogen-bond acceptors (Lipinski definition) is 2. The van der Waals surface area contributed by atoms with E-state index in [0.717, 1.165) is 16.5 Å². The first kappa shape index (κ1) is 12.4. The fourth-order valence-corrected chi connectivity index (χ4v) is 1.84. The molecule has 0 fully saturated rings. The molecule has 0 saturated heterocycles. The Hall–Kier alpha value is -0.670. The number of nitrogens with two attached hydrogens (primary N) is 1. The number of carbonyl (C=O) groups excluding carboxylic acids is 1. The molecule has 0 aliphatic rings. The smallest absolute Gasteiger partial charge is 0.140 e. The van der Waals surface area contributed by atoms with E-state index in [1.807, 2.05) is 31.2 Å². The summed E-state index contributed by atoms with van der Waals surface area (Å²) < 4.78 is 0.998. The van der Waals surface area contributed by atoms with Crippen LogP contribution in [0.3, 0.4) is 0 Å². The molecule has 0 saturated carbocycles. The van der Waals surface area contributed by atoms with Gasteiger partial charge in [0, 0.05) is 16.8 Å². The third-order valence-electron chi connectivity index (χ3n) is 2.47. The summed E-state index contributed by atoms with van der Waals surface area (Å²) >= 11 is 3.44. The van der Waals surface area contributed by atoms with Crippen molar-refractivity contribution in [2.24, 2.45) is 11.7 Å². The Bertz CT molecular complexity index is 338. The van der Waals surface area contributed by atoms with Crippen LogP contribution in [-0.2, 0) is 11.2 Å². The minimum Gasteiger partial charge on any atom is -0.330 e. The van der Waals surface area contributed by atoms with Crippen molar-refractivity contribution in [3.8, 4) is 0 Å². The predicted octanol–water partition coefficient (Wildman–Crippen LogP) is 2.55. The second-order valence-corrected chi connectivity index (χ2v) is 4.57. The summed E-state index contributed by atoms with van der Waals surface area (Å²) in [6.45, 7) is 2.51. The van der Waals surface area contributed by atoms with Crippen molar-refractivity contribution in [2.75, 3.05) is 6.54 Å². The summed E-state index contributed by atoms with van der Waals surface area (Å²) in [5.41, 5.74) is 6.48. The van der Waals surface area contributed by atoms with Crippen molar-refractivity contribution >= 4 is 21.7 Å². The van der Waals surface area contributed by atoms with E-state index in [1.165, 1.54) is 0 Å². The predicted molar refractivity (Wildman–Crippen MR) is 65.7 cm³/mol. The number of ketones is 1. The first-order chi connectivity index (χ1) is 7.15. The van der Waals surface area contributed by atoms with E-state index in [-0.39, 0.29) is 11.7 Å². The second kappa shape index (κ2) is 6.03. The number of benzene rings is 1. The summed E-state index contributed by atoms with van der Waals surface area (Å²) in [5.74, 6) is 0.314. The lowest BCUT2D eigenvalue weighted by molar-refractivity contribution is -0.121. The van der Waals surface area contributed by atoms with Crippen LogP contribution in [0.4, 0.5) is 0 Å². The maximum absolute atomic E-state index is 11.8. The van der Waals surface area contributed by atoms with Crippen molar-refractivity contribution < 1.29 is 4.79 Å². The molecule has 0 aliphatic heterocycles. The number of carbonyl (C=O) groups is 1. The zero-order valence-electron chi connectivity index (χ0n) is 8.87. The van der Waals surface area contributed by atoms with Crippen LogP contribution in [0.2, 0.25) is 0 Å². The standard InChI is InChI=1S/C12H16BrNO/c1-9(6-7-14)12(15)8-10-4-2-3-5-11(10)13/h2-5,9H,6-8,14H2,1H3. The Morgan fingerprint density at radius 2 is 2.13 bits per heavy atom. The SMILES string of the molecule is CC(CCN)C(=O)Cc1ccccc1Br. The van der Waals surface area contributed by atoms with Crippen molar-refractivity contribution in [2.45, 2.75) is 19.8 Å². The average Bonchev–Trinajstić information content (AvgIpc) is 2.21. The first-order valence-electron chi connectivity index (χ1n) is 5.11. The molecule has 0 amide bonds. The molecule has 1 aromatic carbocycles. The molecule has 2 nitrogen and oxygen atoms in total. The van der Waals surface area contributed by atoms with E-state index in [2.05, 4.69) is 15.9 Å². The van der Waals surface area contributed by atoms with Crippen LogP contribution in [0.25, 0.3) is 0 Å². The van der Waals surface area contributed by atoms with Crippen molar-refractivity contribution in [1.29, 1.82) is 0 Å². The van der Waals surface area contributed by atoms with E-state index in [9.17, 15) is 4.79 Å². The van der Waals surface area contributed by atoms with Crippen LogP contribution in [0.5, 0.6) is 0 Å². The maximum atomic E-state index is 11.8. The molecule has 0 bridgehead atoms. The zero-order chi connectivity index (χ0) is 11.3. The lowest BCUT2D eigenvalue weighted by Crippen LogP contribution is -2.17. The van der Waals surface area contributed by atoms with E-state index >= 15 is 0 Å². The van der Waals surface area contributed by atoms with Crippen LogP contribution in [0, 0.1) is 5.92 Å². The van der Waals surface area contributed by atoms with Gasteiger partial charge in [-0.15, -0.1) is 0 Å². The highest BCUT2D eigenvalue weighted by atomic mass is 79.9. The minimum atomic E-state index is 0.0575. The first-order valence-corrected chi connectivity index (χ1v) is 5.90. The van der Waals surface area contributed by atoms with Crippen LogP contribution < -0.4 is 5.73 Å². The Kier molecular flexibility index (Phi) is 4.99. The number of Topliss-reactive ketones (excluding diaryl/α,β-unsaturated/α-hetero) is 1. The van der Waals surface area contributed by atoms with Crippen LogP contribution in [0.15, 0.2) is 28.7 Å². The molecular weight excluding hydrogens is 254 g/mol. The summed E-state index contributed by atoms with van der Waals surface area (Å²) in [6.07, 6.45) is 1.26. The lowest BCUT2D eigenvalue weighted by Gasteiger charge is -2.09. The van der Waals surface area contributed by atoms with Gasteiger partial charge in [-0.25, -0.2) is 0 Å². The number of halogens is 1. The summed E-state index contributed by atoms with van der Waals surface area (Å²) in [4.78, 5) is 11.8. The van der Waals surface area contributed by atoms with Gasteiger partial charge in [-0.1, -0.05) is 41.1 Å². The second-order valence-electron chi connectivity index (χ2n) is 3.71. The Balaban J connectivity index is 2.62. The highest BCUT2D eigenvalue weighted by Gasteiger charge is 2.13. The van der Waals surface area contributed by atoms with Gasteiger partial charge in [0.2, 0.25) is 0 Å². The minimum absolute atomic E-state index is 0.0575. The number of hydrogen-bond donors (Lipinski definition) is 1. The van der Waals surface area contributed by atoms with Crippen molar-refractivity contribution in [1.82, 2.24) is 0 Å². The van der Waals surface area contributed by atoms with Gasteiger partial charge in [0.1, 0.15) is 5.78 Å². The van der Waals surface area contributed by atoms with E-state index in [4.69, 9.17) is 5.73 Å². The molecule has 82 valence electrons. The largest absolute Gasteiger partial charge is 0.330 e. The van der Waals surface area contributed by atoms with Gasteiger partial charge in [0.05, 0.1) is 0 Å². The molecule has 0 aliphatic carbocycles. The quantitative estimate of drug-likeness (QED) is 0.893. The maximum Gasteiger partial charge on any atom is 0.140 e. The fraction of sp³-hybridized carbons (Fsp3) is 0.417. The average molecular weight is 270 g/mol. The van der Waals surface area contributed by atoms with Gasteiger partial charge >= 0.3 is 0 Å². The number of rotatable bonds is 5. The highest BCUT2D eigenvalue weighted by Crippen LogP contribution is 2.18. The molecule has 15 heavy (non-hydrogen) atoms. The van der Waals surface area contributed by atoms with Gasteiger partial charge in [0.25, 0.3) is 0 Å². The van der Waals surface area contributed by atoms with Crippen LogP contribution >= 0.6 is 15.9 Å². The van der Waals surface area contributed by atoms with E-state index in [1.54, 1.807) is 0 Å². The zero-order valence-corrected chi connectivity index (χ0v) is 10.5. The third-order valence-corrected chi connectivity index (χ3v) is 3.25. The fourth-order valence-electron chi connectivity index (χ4n) is 1.41. The van der Waals surface area contributed by atoms with Gasteiger partial charge in [-0.2, -0.15) is 0 Å². The summed E-state index contributed by atoms with van der Waals surface area (Å²) in [5, 5.41) is 0. The Morgan fingerprint density at radius 1 is 1.47 bits per heavy atom. The van der Waals surface area contributed by atoms with Crippen LogP contribution in [-0.4, -0.2) is 12.3 Å². The molecule has 0 spiro atoms. The van der Waals surface area contributed by atoms with E-state index in [0.29, 0.717) is 13.0 Å². The van der Waals surface area contributed by atoms with E-state index < -0.39 is 0 Å².